The number of ether oxygens (including phenoxy) is 1. The maximum absolute atomic E-state index is 14.3. The fraction of sp³-hybridized carbons (Fsp3) is 0.737. The van der Waals surface area contributed by atoms with Crippen molar-refractivity contribution in [3.8, 4) is 0 Å². The highest BCUT2D eigenvalue weighted by atomic mass is 19.1. The lowest BCUT2D eigenvalue weighted by molar-refractivity contribution is 0.0282. The first-order valence-corrected chi connectivity index (χ1v) is 9.35. The van der Waals surface area contributed by atoms with E-state index in [1.54, 1.807) is 11.8 Å². The van der Waals surface area contributed by atoms with Crippen LogP contribution >= 0.6 is 0 Å². The van der Waals surface area contributed by atoms with Gasteiger partial charge < -0.3 is 19.6 Å². The van der Waals surface area contributed by atoms with Crippen LogP contribution in [0.3, 0.4) is 0 Å². The highest BCUT2D eigenvalue weighted by Crippen LogP contribution is 2.34. The Morgan fingerprint density at radius 1 is 1.11 bits per heavy atom. The maximum Gasteiger partial charge on any atom is 0.410 e. The zero-order chi connectivity index (χ0) is 20.1. The van der Waals surface area contributed by atoms with Gasteiger partial charge in [-0.15, -0.1) is 0 Å². The van der Waals surface area contributed by atoms with Gasteiger partial charge in [-0.1, -0.05) is 0 Å². The molecule has 3 rings (SSSR count). The van der Waals surface area contributed by atoms with Crippen molar-refractivity contribution in [2.75, 3.05) is 31.1 Å². The van der Waals surface area contributed by atoms with E-state index in [0.29, 0.717) is 44.0 Å². The summed E-state index contributed by atoms with van der Waals surface area (Å²) in [6.07, 6.45) is -0.276. The minimum Gasteiger partial charge on any atom is -0.444 e. The van der Waals surface area contributed by atoms with Crippen molar-refractivity contribution >= 4 is 12.0 Å². The molecule has 1 amide bonds. The average molecular weight is 380 g/mol. The van der Waals surface area contributed by atoms with Gasteiger partial charge in [0.25, 0.3) is 0 Å². The summed E-state index contributed by atoms with van der Waals surface area (Å²) in [7, 11) is 0. The first kappa shape index (κ1) is 19.8. The quantitative estimate of drug-likeness (QED) is 0.849. The number of carbonyl (C=O) groups is 1. The third kappa shape index (κ3) is 4.15. The number of fused-ring (bicyclic) bond motifs is 1. The van der Waals surface area contributed by atoms with Gasteiger partial charge in [0.2, 0.25) is 5.95 Å². The van der Waals surface area contributed by atoms with Crippen LogP contribution in [-0.2, 0) is 10.3 Å². The average Bonchev–Trinajstić information content (AvgIpc) is 3.05. The number of aliphatic hydroxyl groups is 1. The second-order valence-corrected chi connectivity index (χ2v) is 9.14. The molecule has 2 atom stereocenters. The Morgan fingerprint density at radius 3 is 2.15 bits per heavy atom. The molecule has 3 heterocycles. The SMILES string of the molecule is Cc1nc(N2C[C@H]3CN(C(=O)OC(C)(C)C)C[C@H]3C2)nc(C(C)(C)O)c1F. The number of aryl methyl sites for hydroxylation is 1. The van der Waals surface area contributed by atoms with Crippen LogP contribution in [0.1, 0.15) is 46.0 Å². The van der Waals surface area contributed by atoms with Crippen LogP contribution < -0.4 is 4.90 Å². The lowest BCUT2D eigenvalue weighted by Gasteiger charge is -2.26. The fourth-order valence-corrected chi connectivity index (χ4v) is 3.72. The predicted molar refractivity (Wildman–Crippen MR) is 99.0 cm³/mol. The van der Waals surface area contributed by atoms with Gasteiger partial charge in [0, 0.05) is 38.0 Å². The van der Waals surface area contributed by atoms with Crippen molar-refractivity contribution in [2.24, 2.45) is 11.8 Å². The van der Waals surface area contributed by atoms with Crippen LogP contribution in [0.5, 0.6) is 0 Å². The van der Waals surface area contributed by atoms with Gasteiger partial charge in [-0.25, -0.2) is 19.2 Å². The summed E-state index contributed by atoms with van der Waals surface area (Å²) in [5, 5.41) is 10.2. The van der Waals surface area contributed by atoms with Crippen LogP contribution in [-0.4, -0.2) is 57.8 Å². The van der Waals surface area contributed by atoms with Gasteiger partial charge in [0.1, 0.15) is 16.9 Å². The fourth-order valence-electron chi connectivity index (χ4n) is 3.72. The van der Waals surface area contributed by atoms with E-state index in [4.69, 9.17) is 4.74 Å². The van der Waals surface area contributed by atoms with Gasteiger partial charge in [-0.2, -0.15) is 0 Å². The minimum atomic E-state index is -1.38. The summed E-state index contributed by atoms with van der Waals surface area (Å²) >= 11 is 0. The number of halogens is 1. The highest BCUT2D eigenvalue weighted by molar-refractivity contribution is 5.68. The first-order chi connectivity index (χ1) is 12.3. The molecule has 8 heteroatoms. The van der Waals surface area contributed by atoms with Gasteiger partial charge in [0.05, 0.1) is 5.69 Å². The summed E-state index contributed by atoms with van der Waals surface area (Å²) in [5.74, 6) is 0.472. The summed E-state index contributed by atoms with van der Waals surface area (Å²) in [6, 6.07) is 0. The molecule has 0 bridgehead atoms. The largest absolute Gasteiger partial charge is 0.444 e. The van der Waals surface area contributed by atoms with E-state index in [9.17, 15) is 14.3 Å². The van der Waals surface area contributed by atoms with Crippen molar-refractivity contribution in [2.45, 2.75) is 52.7 Å². The summed E-state index contributed by atoms with van der Waals surface area (Å²) in [4.78, 5) is 24.6. The molecule has 7 nitrogen and oxygen atoms in total. The zero-order valence-electron chi connectivity index (χ0n) is 16.9. The Labute approximate surface area is 159 Å². The van der Waals surface area contributed by atoms with Crippen molar-refractivity contribution in [3.05, 3.63) is 17.2 Å². The molecular weight excluding hydrogens is 351 g/mol. The number of aromatic nitrogens is 2. The topological polar surface area (TPSA) is 78.8 Å². The minimum absolute atomic E-state index is 0.0115. The van der Waals surface area contributed by atoms with Crippen molar-refractivity contribution < 1.29 is 19.0 Å². The Morgan fingerprint density at radius 2 is 1.67 bits per heavy atom. The van der Waals surface area contributed by atoms with E-state index in [2.05, 4.69) is 9.97 Å². The van der Waals surface area contributed by atoms with Crippen molar-refractivity contribution in [1.82, 2.24) is 14.9 Å². The van der Waals surface area contributed by atoms with E-state index in [1.165, 1.54) is 13.8 Å². The number of hydrogen-bond donors (Lipinski definition) is 1. The number of hydrogen-bond acceptors (Lipinski definition) is 6. The van der Waals surface area contributed by atoms with E-state index < -0.39 is 17.0 Å². The molecule has 2 fully saturated rings. The molecule has 150 valence electrons. The standard InChI is InChI=1S/C19H29FN4O3/c1-11-14(20)15(19(5,6)26)22-16(21-11)23-7-12-9-24(10-13(12)8-23)17(25)27-18(2,3)4/h12-13,26H,7-10H2,1-6H3/t12-,13+. The normalized spacial score (nSPS) is 23.0. The molecule has 0 saturated carbocycles. The van der Waals surface area contributed by atoms with Crippen molar-refractivity contribution in [3.63, 3.8) is 0 Å². The Hall–Kier alpha value is -1.96. The molecule has 2 aliphatic heterocycles. The zero-order valence-corrected chi connectivity index (χ0v) is 16.9. The Bertz CT molecular complexity index is 728. The van der Waals surface area contributed by atoms with E-state index in [1.807, 2.05) is 25.7 Å². The Kier molecular flexibility index (Phi) is 4.82. The number of anilines is 1. The van der Waals surface area contributed by atoms with Crippen LogP contribution in [0, 0.1) is 24.6 Å². The summed E-state index contributed by atoms with van der Waals surface area (Å²) < 4.78 is 19.8. The maximum atomic E-state index is 14.3. The molecule has 0 unspecified atom stereocenters. The molecule has 0 spiro atoms. The number of rotatable bonds is 2. The Balaban J connectivity index is 1.71. The van der Waals surface area contributed by atoms with Crippen molar-refractivity contribution in [1.29, 1.82) is 0 Å². The third-order valence-corrected chi connectivity index (χ3v) is 5.01. The second kappa shape index (κ2) is 6.58. The van der Waals surface area contributed by atoms with Gasteiger partial charge >= 0.3 is 6.09 Å². The van der Waals surface area contributed by atoms with Crippen LogP contribution in [0.4, 0.5) is 15.1 Å². The molecule has 27 heavy (non-hydrogen) atoms. The molecule has 0 aliphatic carbocycles. The molecule has 0 aromatic carbocycles. The lowest BCUT2D eigenvalue weighted by Crippen LogP contribution is -2.38. The van der Waals surface area contributed by atoms with Gasteiger partial charge in [0.15, 0.2) is 5.82 Å². The monoisotopic (exact) mass is 380 g/mol. The number of amides is 1. The smallest absolute Gasteiger partial charge is 0.410 e. The molecule has 1 aromatic rings. The van der Waals surface area contributed by atoms with Gasteiger partial charge in [-0.05, 0) is 41.5 Å². The number of carbonyl (C=O) groups excluding carboxylic acids is 1. The second-order valence-electron chi connectivity index (χ2n) is 9.14. The third-order valence-electron chi connectivity index (χ3n) is 5.01. The number of likely N-dealkylation sites (tertiary alicyclic amines) is 1. The van der Waals surface area contributed by atoms with Crippen LogP contribution in [0.2, 0.25) is 0 Å². The molecular formula is C19H29FN4O3. The molecule has 2 saturated heterocycles. The number of nitrogens with zero attached hydrogens (tertiary/aromatic N) is 4. The summed E-state index contributed by atoms with van der Waals surface area (Å²) in [5.41, 5.74) is -1.65. The predicted octanol–water partition coefficient (Wildman–Crippen LogP) is 2.45. The van der Waals surface area contributed by atoms with E-state index in [-0.39, 0.29) is 17.5 Å². The first-order valence-electron chi connectivity index (χ1n) is 9.35. The molecule has 2 aliphatic rings. The van der Waals surface area contributed by atoms with Crippen LogP contribution in [0.15, 0.2) is 0 Å². The molecule has 1 N–H and O–H groups in total. The lowest BCUT2D eigenvalue weighted by atomic mass is 10.0. The molecule has 0 radical (unpaired) electrons. The molecule has 1 aromatic heterocycles. The van der Waals surface area contributed by atoms with Gasteiger partial charge in [-0.3, -0.25) is 0 Å². The summed E-state index contributed by atoms with van der Waals surface area (Å²) in [6.45, 7) is 12.8. The van der Waals surface area contributed by atoms with E-state index >= 15 is 0 Å². The van der Waals surface area contributed by atoms with Crippen LogP contribution in [0.25, 0.3) is 0 Å². The highest BCUT2D eigenvalue weighted by Gasteiger charge is 2.43. The van der Waals surface area contributed by atoms with E-state index in [0.717, 1.165) is 0 Å².